The number of aldehydes is 1. The molecule has 3 heterocycles. The Bertz CT molecular complexity index is 1880. The normalized spacial score (nSPS) is 15.5. The van der Waals surface area contributed by atoms with Crippen molar-refractivity contribution in [3.63, 3.8) is 0 Å². The molecule has 11 heteroatoms. The minimum absolute atomic E-state index is 0.101. The Hall–Kier alpha value is -4.87. The summed E-state index contributed by atoms with van der Waals surface area (Å²) in [5, 5.41) is 9.89. The molecule has 6 rings (SSSR count). The molecule has 0 spiro atoms. The van der Waals surface area contributed by atoms with Gasteiger partial charge in [0.05, 0.1) is 30.6 Å². The predicted molar refractivity (Wildman–Crippen MR) is 165 cm³/mol. The molecule has 0 unspecified atom stereocenters. The van der Waals surface area contributed by atoms with E-state index in [1.807, 2.05) is 48.1 Å². The summed E-state index contributed by atoms with van der Waals surface area (Å²) in [5.41, 5.74) is 4.28. The van der Waals surface area contributed by atoms with Crippen LogP contribution in [0.1, 0.15) is 27.4 Å². The number of furan rings is 1. The average Bonchev–Trinajstić information content (AvgIpc) is 3.65. The maximum absolute atomic E-state index is 14.4. The van der Waals surface area contributed by atoms with Crippen LogP contribution in [-0.2, 0) is 36.6 Å². The lowest BCUT2D eigenvalue weighted by Crippen LogP contribution is -2.45. The molecule has 226 valence electrons. The second-order valence-corrected chi connectivity index (χ2v) is 12.7. The molecular formula is C33H32N4O6S. The number of aromatic hydroxyl groups is 1. The standard InChI is InChI=1S/C33H32N4O6S/c1-35-22-34-17-27(35)20-36-19-26(15-23-3-6-28(39)7-4-23)37(44(40,41)31-11-8-29(42-2)9-12-31)18-25-16-24(5-13-32(25)36)33-14-10-30(21-38)43-33/h3-14,16-17,21-22,26,39H,15,18-20H2,1-2H3/t26-/m1/s1. The monoisotopic (exact) mass is 612 g/mol. The highest BCUT2D eigenvalue weighted by Crippen LogP contribution is 2.36. The van der Waals surface area contributed by atoms with Crippen molar-refractivity contribution < 1.29 is 27.5 Å². The second kappa shape index (κ2) is 12.0. The Morgan fingerprint density at radius 3 is 2.48 bits per heavy atom. The second-order valence-electron chi connectivity index (χ2n) is 10.8. The van der Waals surface area contributed by atoms with Gasteiger partial charge in [-0.15, -0.1) is 0 Å². The number of hydrogen-bond acceptors (Lipinski definition) is 8. The van der Waals surface area contributed by atoms with E-state index < -0.39 is 16.1 Å². The summed E-state index contributed by atoms with van der Waals surface area (Å²) < 4.78 is 43.4. The zero-order valence-electron chi connectivity index (χ0n) is 24.3. The highest BCUT2D eigenvalue weighted by atomic mass is 32.2. The van der Waals surface area contributed by atoms with Crippen LogP contribution in [-0.4, -0.2) is 53.4 Å². The molecule has 0 radical (unpaired) electrons. The largest absolute Gasteiger partial charge is 0.508 e. The third-order valence-corrected chi connectivity index (χ3v) is 9.87. The first-order chi connectivity index (χ1) is 21.2. The first-order valence-electron chi connectivity index (χ1n) is 14.1. The minimum atomic E-state index is -3.99. The molecule has 0 saturated carbocycles. The van der Waals surface area contributed by atoms with Crippen LogP contribution in [0, 0.1) is 0 Å². The number of nitrogens with zero attached hydrogens (tertiary/aromatic N) is 4. The van der Waals surface area contributed by atoms with Gasteiger partial charge in [0.1, 0.15) is 17.3 Å². The quantitative estimate of drug-likeness (QED) is 0.231. The summed E-state index contributed by atoms with van der Waals surface area (Å²) in [6.45, 7) is 0.995. The van der Waals surface area contributed by atoms with Gasteiger partial charge >= 0.3 is 0 Å². The molecule has 1 aliphatic heterocycles. The number of phenolic OH excluding ortho intramolecular Hbond substituents is 1. The number of hydrogen-bond donors (Lipinski definition) is 1. The molecule has 2 aromatic heterocycles. The topological polar surface area (TPSA) is 118 Å². The van der Waals surface area contributed by atoms with E-state index in [0.717, 1.165) is 28.1 Å². The van der Waals surface area contributed by atoms with Crippen LogP contribution in [0.2, 0.25) is 0 Å². The van der Waals surface area contributed by atoms with Gasteiger partial charge in [0.15, 0.2) is 12.0 Å². The van der Waals surface area contributed by atoms with Gasteiger partial charge in [-0.2, -0.15) is 4.31 Å². The number of benzene rings is 3. The van der Waals surface area contributed by atoms with E-state index in [0.29, 0.717) is 37.3 Å². The number of sulfonamides is 1. The maximum Gasteiger partial charge on any atom is 0.243 e. The molecule has 10 nitrogen and oxygen atoms in total. The Labute approximate surface area is 255 Å². The zero-order valence-corrected chi connectivity index (χ0v) is 25.1. The zero-order chi connectivity index (χ0) is 30.8. The van der Waals surface area contributed by atoms with E-state index in [2.05, 4.69) is 9.88 Å². The Morgan fingerprint density at radius 1 is 1.05 bits per heavy atom. The fourth-order valence-corrected chi connectivity index (χ4v) is 7.20. The van der Waals surface area contributed by atoms with Crippen LogP contribution in [0.25, 0.3) is 11.3 Å². The third kappa shape index (κ3) is 5.84. The molecule has 0 aliphatic carbocycles. The van der Waals surface area contributed by atoms with E-state index in [1.165, 1.54) is 7.11 Å². The van der Waals surface area contributed by atoms with E-state index in [4.69, 9.17) is 9.15 Å². The van der Waals surface area contributed by atoms with Crippen molar-refractivity contribution in [3.05, 3.63) is 114 Å². The van der Waals surface area contributed by atoms with Gasteiger partial charge in [0.2, 0.25) is 10.0 Å². The van der Waals surface area contributed by atoms with Gasteiger partial charge in [0, 0.05) is 43.6 Å². The molecule has 3 aromatic carbocycles. The lowest BCUT2D eigenvalue weighted by molar-refractivity contribution is 0.110. The molecule has 44 heavy (non-hydrogen) atoms. The maximum atomic E-state index is 14.4. The Balaban J connectivity index is 1.48. The van der Waals surface area contributed by atoms with Crippen molar-refractivity contribution in [3.8, 4) is 22.8 Å². The van der Waals surface area contributed by atoms with Crippen molar-refractivity contribution in [1.29, 1.82) is 0 Å². The Kier molecular flexibility index (Phi) is 7.98. The van der Waals surface area contributed by atoms with Crippen LogP contribution in [0.3, 0.4) is 0 Å². The average molecular weight is 613 g/mol. The van der Waals surface area contributed by atoms with E-state index in [9.17, 15) is 18.3 Å². The fraction of sp³-hybridized carbons (Fsp3) is 0.212. The summed E-state index contributed by atoms with van der Waals surface area (Å²) in [6.07, 6.45) is 4.62. The van der Waals surface area contributed by atoms with Gasteiger partial charge < -0.3 is 23.7 Å². The molecule has 0 fully saturated rings. The number of anilines is 1. The van der Waals surface area contributed by atoms with Crippen LogP contribution in [0.5, 0.6) is 11.5 Å². The fourth-order valence-electron chi connectivity index (χ4n) is 5.60. The molecular weight excluding hydrogens is 580 g/mol. The molecule has 5 aromatic rings. The number of methoxy groups -OCH3 is 1. The van der Waals surface area contributed by atoms with Gasteiger partial charge in [0.25, 0.3) is 0 Å². The van der Waals surface area contributed by atoms with Gasteiger partial charge in [-0.05, 0) is 84.3 Å². The third-order valence-electron chi connectivity index (χ3n) is 7.96. The van der Waals surface area contributed by atoms with Crippen LogP contribution in [0.4, 0.5) is 5.69 Å². The smallest absolute Gasteiger partial charge is 0.243 e. The van der Waals surface area contributed by atoms with Crippen molar-refractivity contribution >= 4 is 22.0 Å². The number of rotatable bonds is 9. The number of imidazole rings is 1. The molecule has 0 bridgehead atoms. The Morgan fingerprint density at radius 2 is 1.82 bits per heavy atom. The lowest BCUT2D eigenvalue weighted by Gasteiger charge is -2.32. The lowest BCUT2D eigenvalue weighted by atomic mass is 10.1. The summed E-state index contributed by atoms with van der Waals surface area (Å²) in [6, 6.07) is 22.0. The number of ether oxygens (including phenoxy) is 1. The van der Waals surface area contributed by atoms with Crippen molar-refractivity contribution in [1.82, 2.24) is 13.9 Å². The van der Waals surface area contributed by atoms with Gasteiger partial charge in [-0.25, -0.2) is 13.4 Å². The molecule has 1 aliphatic rings. The number of fused-ring (bicyclic) bond motifs is 1. The molecule has 1 atom stereocenters. The number of carbonyl (C=O) groups excluding carboxylic acids is 1. The number of carbonyl (C=O) groups is 1. The molecule has 0 amide bonds. The van der Waals surface area contributed by atoms with Crippen LogP contribution >= 0.6 is 0 Å². The van der Waals surface area contributed by atoms with E-state index in [-0.39, 0.29) is 22.9 Å². The van der Waals surface area contributed by atoms with Gasteiger partial charge in [-0.3, -0.25) is 4.79 Å². The summed E-state index contributed by atoms with van der Waals surface area (Å²) in [5.74, 6) is 1.43. The number of phenols is 1. The van der Waals surface area contributed by atoms with Gasteiger partial charge in [-0.1, -0.05) is 12.1 Å². The van der Waals surface area contributed by atoms with Crippen molar-refractivity contribution in [2.75, 3.05) is 18.6 Å². The highest BCUT2D eigenvalue weighted by molar-refractivity contribution is 7.89. The minimum Gasteiger partial charge on any atom is -0.508 e. The first kappa shape index (κ1) is 29.2. The summed E-state index contributed by atoms with van der Waals surface area (Å²) >= 11 is 0. The predicted octanol–water partition coefficient (Wildman–Crippen LogP) is 5.03. The first-order valence-corrected chi connectivity index (χ1v) is 15.5. The molecule has 0 saturated heterocycles. The van der Waals surface area contributed by atoms with Crippen LogP contribution in [0.15, 0.2) is 101 Å². The summed E-state index contributed by atoms with van der Waals surface area (Å²) in [4.78, 5) is 17.9. The SMILES string of the molecule is COc1ccc(S(=O)(=O)N2Cc3cc(-c4ccc(C=O)o4)ccc3N(Cc3cncn3C)C[C@H]2Cc2ccc(O)cc2)cc1. The van der Waals surface area contributed by atoms with Crippen LogP contribution < -0.4 is 9.64 Å². The van der Waals surface area contributed by atoms with E-state index >= 15 is 0 Å². The number of aromatic nitrogens is 2. The highest BCUT2D eigenvalue weighted by Gasteiger charge is 2.37. The van der Waals surface area contributed by atoms with E-state index in [1.54, 1.807) is 59.2 Å². The van der Waals surface area contributed by atoms with Crippen molar-refractivity contribution in [2.24, 2.45) is 7.05 Å². The number of aryl methyl sites for hydroxylation is 1. The van der Waals surface area contributed by atoms with Crippen molar-refractivity contribution in [2.45, 2.75) is 30.4 Å². The molecule has 1 N–H and O–H groups in total. The summed E-state index contributed by atoms with van der Waals surface area (Å²) in [7, 11) is -0.520.